The average Bonchev–Trinajstić information content (AvgIpc) is 2.79. The van der Waals surface area contributed by atoms with Crippen LogP contribution in [0.4, 0.5) is 0 Å². The number of nitrogens with zero attached hydrogens (tertiary/aromatic N) is 2. The highest BCUT2D eigenvalue weighted by Gasteiger charge is 2.19. The normalized spacial score (nSPS) is 11.8. The number of nitrogens with one attached hydrogen (secondary N) is 1. The van der Waals surface area contributed by atoms with Crippen LogP contribution in [-0.4, -0.2) is 23.5 Å². The fraction of sp³-hybridized carbons (Fsp3) is 0.333. The van der Waals surface area contributed by atoms with E-state index in [4.69, 9.17) is 5.11 Å². The third-order valence-electron chi connectivity index (χ3n) is 2.65. The summed E-state index contributed by atoms with van der Waals surface area (Å²) in [5.74, 6) is 0.593. The molecule has 0 aromatic carbocycles. The van der Waals surface area contributed by atoms with E-state index in [0.29, 0.717) is 21.3 Å². The summed E-state index contributed by atoms with van der Waals surface area (Å²) in [5.41, 5.74) is 0.608. The molecule has 8 heteroatoms. The topological polar surface area (TPSA) is 92.2 Å². The molecule has 2 rings (SSSR count). The van der Waals surface area contributed by atoms with Crippen LogP contribution in [0.15, 0.2) is 23.2 Å². The van der Waals surface area contributed by atoms with Crippen LogP contribution in [0.3, 0.4) is 0 Å². The van der Waals surface area contributed by atoms with Crippen LogP contribution < -0.4 is 4.72 Å². The van der Waals surface area contributed by atoms with Gasteiger partial charge in [-0.3, -0.25) is 0 Å². The standard InChI is InChI=1S/C12H15N3O3S2/c1-8-12(5-11(7-16)19-8)20(17,18)14-6-10-3-4-13-9(2)15-10/h3-5,14,16H,6-7H2,1-2H3. The van der Waals surface area contributed by atoms with E-state index in [1.165, 1.54) is 17.4 Å². The molecule has 0 spiro atoms. The van der Waals surface area contributed by atoms with E-state index in [-0.39, 0.29) is 18.0 Å². The second kappa shape index (κ2) is 5.96. The van der Waals surface area contributed by atoms with Gasteiger partial charge in [-0.25, -0.2) is 23.1 Å². The zero-order valence-electron chi connectivity index (χ0n) is 11.1. The molecular formula is C12H15N3O3S2. The van der Waals surface area contributed by atoms with E-state index in [2.05, 4.69) is 14.7 Å². The lowest BCUT2D eigenvalue weighted by molar-refractivity contribution is 0.285. The Morgan fingerprint density at radius 2 is 2.15 bits per heavy atom. The van der Waals surface area contributed by atoms with Gasteiger partial charge in [0, 0.05) is 16.0 Å². The van der Waals surface area contributed by atoms with Crippen LogP contribution in [0.5, 0.6) is 0 Å². The Bertz CT molecular complexity index is 710. The van der Waals surface area contributed by atoms with Crippen molar-refractivity contribution >= 4 is 21.4 Å². The zero-order chi connectivity index (χ0) is 14.8. The van der Waals surface area contributed by atoms with E-state index >= 15 is 0 Å². The molecule has 0 atom stereocenters. The van der Waals surface area contributed by atoms with Gasteiger partial charge in [0.1, 0.15) is 5.82 Å². The van der Waals surface area contributed by atoms with Crippen molar-refractivity contribution in [2.24, 2.45) is 0 Å². The molecule has 0 aliphatic rings. The lowest BCUT2D eigenvalue weighted by Gasteiger charge is -2.06. The SMILES string of the molecule is Cc1nccc(CNS(=O)(=O)c2cc(CO)sc2C)n1. The van der Waals surface area contributed by atoms with Crippen molar-refractivity contribution in [3.8, 4) is 0 Å². The highest BCUT2D eigenvalue weighted by molar-refractivity contribution is 7.89. The minimum atomic E-state index is -3.60. The Hall–Kier alpha value is -1.35. The first-order chi connectivity index (χ1) is 9.42. The van der Waals surface area contributed by atoms with Gasteiger partial charge in [0.05, 0.1) is 23.7 Å². The molecule has 0 unspecified atom stereocenters. The van der Waals surface area contributed by atoms with Crippen LogP contribution in [-0.2, 0) is 23.2 Å². The first kappa shape index (κ1) is 15.0. The van der Waals surface area contributed by atoms with Crippen molar-refractivity contribution < 1.29 is 13.5 Å². The van der Waals surface area contributed by atoms with Crippen molar-refractivity contribution in [3.05, 3.63) is 39.6 Å². The fourth-order valence-electron chi connectivity index (χ4n) is 1.72. The van der Waals surface area contributed by atoms with Crippen molar-refractivity contribution in [1.29, 1.82) is 0 Å². The lowest BCUT2D eigenvalue weighted by Crippen LogP contribution is -2.24. The van der Waals surface area contributed by atoms with Gasteiger partial charge in [-0.2, -0.15) is 0 Å². The molecule has 108 valence electrons. The monoisotopic (exact) mass is 313 g/mol. The largest absolute Gasteiger partial charge is 0.391 e. The predicted octanol–water partition coefficient (Wildman–Crippen LogP) is 1.13. The molecule has 0 saturated heterocycles. The molecule has 0 aliphatic carbocycles. The number of thiophene rings is 1. The van der Waals surface area contributed by atoms with Crippen molar-refractivity contribution in [2.75, 3.05) is 0 Å². The van der Waals surface area contributed by atoms with Gasteiger partial charge in [-0.15, -0.1) is 11.3 Å². The Balaban J connectivity index is 2.17. The molecule has 0 amide bonds. The minimum absolute atomic E-state index is 0.107. The molecule has 0 fully saturated rings. The molecule has 2 N–H and O–H groups in total. The molecule has 0 saturated carbocycles. The van der Waals surface area contributed by atoms with E-state index in [0.717, 1.165) is 0 Å². The number of sulfonamides is 1. The molecule has 2 heterocycles. The van der Waals surface area contributed by atoms with Crippen molar-refractivity contribution in [1.82, 2.24) is 14.7 Å². The maximum absolute atomic E-state index is 12.2. The number of hydrogen-bond donors (Lipinski definition) is 2. The average molecular weight is 313 g/mol. The van der Waals surface area contributed by atoms with Crippen molar-refractivity contribution in [3.63, 3.8) is 0 Å². The van der Waals surface area contributed by atoms with Crippen LogP contribution in [0.1, 0.15) is 21.3 Å². The van der Waals surface area contributed by atoms with Gasteiger partial charge in [-0.1, -0.05) is 0 Å². The van der Waals surface area contributed by atoms with Crippen LogP contribution in [0.25, 0.3) is 0 Å². The third kappa shape index (κ3) is 3.40. The fourth-order valence-corrected chi connectivity index (χ4v) is 4.21. The first-order valence-electron chi connectivity index (χ1n) is 5.91. The quantitative estimate of drug-likeness (QED) is 0.863. The number of aromatic nitrogens is 2. The summed E-state index contributed by atoms with van der Waals surface area (Å²) >= 11 is 1.27. The Morgan fingerprint density at radius 3 is 2.75 bits per heavy atom. The summed E-state index contributed by atoms with van der Waals surface area (Å²) in [4.78, 5) is 9.58. The molecule has 2 aromatic heterocycles. The molecule has 0 bridgehead atoms. The van der Waals surface area contributed by atoms with Crippen LogP contribution in [0.2, 0.25) is 0 Å². The third-order valence-corrected chi connectivity index (χ3v) is 5.34. The molecule has 0 radical (unpaired) electrons. The van der Waals surface area contributed by atoms with E-state index in [1.807, 2.05) is 0 Å². The number of aryl methyl sites for hydroxylation is 2. The zero-order valence-corrected chi connectivity index (χ0v) is 12.8. The Kier molecular flexibility index (Phi) is 4.48. The summed E-state index contributed by atoms with van der Waals surface area (Å²) < 4.78 is 26.9. The van der Waals surface area contributed by atoms with Gasteiger partial charge >= 0.3 is 0 Å². The summed E-state index contributed by atoms with van der Waals surface area (Å²) in [6, 6.07) is 3.16. The Morgan fingerprint density at radius 1 is 1.40 bits per heavy atom. The van der Waals surface area contributed by atoms with Crippen LogP contribution >= 0.6 is 11.3 Å². The van der Waals surface area contributed by atoms with Gasteiger partial charge < -0.3 is 5.11 Å². The summed E-state index contributed by atoms with van der Waals surface area (Å²) in [5, 5.41) is 9.06. The molecule has 2 aromatic rings. The van der Waals surface area contributed by atoms with Gasteiger partial charge in [0.25, 0.3) is 0 Å². The maximum Gasteiger partial charge on any atom is 0.242 e. The highest BCUT2D eigenvalue weighted by Crippen LogP contribution is 2.25. The maximum atomic E-state index is 12.2. The number of aliphatic hydroxyl groups is 1. The molecule has 0 aliphatic heterocycles. The molecular weight excluding hydrogens is 298 g/mol. The molecule has 6 nitrogen and oxygen atoms in total. The van der Waals surface area contributed by atoms with E-state index in [9.17, 15) is 8.42 Å². The van der Waals surface area contributed by atoms with Crippen LogP contribution in [0, 0.1) is 13.8 Å². The van der Waals surface area contributed by atoms with Crippen molar-refractivity contribution in [2.45, 2.75) is 31.9 Å². The van der Waals surface area contributed by atoms with Gasteiger partial charge in [-0.05, 0) is 26.0 Å². The molecule has 20 heavy (non-hydrogen) atoms. The van der Waals surface area contributed by atoms with E-state index < -0.39 is 10.0 Å². The lowest BCUT2D eigenvalue weighted by atomic mass is 10.4. The number of hydrogen-bond acceptors (Lipinski definition) is 6. The smallest absolute Gasteiger partial charge is 0.242 e. The second-order valence-electron chi connectivity index (χ2n) is 4.21. The van der Waals surface area contributed by atoms with Gasteiger partial charge in [0.15, 0.2) is 0 Å². The number of aliphatic hydroxyl groups excluding tert-OH is 1. The highest BCUT2D eigenvalue weighted by atomic mass is 32.2. The minimum Gasteiger partial charge on any atom is -0.391 e. The summed E-state index contributed by atoms with van der Waals surface area (Å²) in [6.45, 7) is 3.41. The van der Waals surface area contributed by atoms with Gasteiger partial charge in [0.2, 0.25) is 10.0 Å². The number of rotatable bonds is 5. The summed E-state index contributed by atoms with van der Waals surface area (Å²) in [6.07, 6.45) is 1.59. The first-order valence-corrected chi connectivity index (χ1v) is 8.20. The summed E-state index contributed by atoms with van der Waals surface area (Å²) in [7, 11) is -3.60. The Labute approximate surface area is 121 Å². The second-order valence-corrected chi connectivity index (χ2v) is 7.29. The van der Waals surface area contributed by atoms with E-state index in [1.54, 1.807) is 26.1 Å². The predicted molar refractivity (Wildman–Crippen MR) is 75.8 cm³/mol.